The van der Waals surface area contributed by atoms with E-state index < -0.39 is 37.1 Å². The number of aliphatic hydroxyl groups excluding tert-OH is 4. The number of nitrogens with zero attached hydrogens (tertiary/aromatic N) is 1. The molecule has 7 nitrogen and oxygen atoms in total. The minimum atomic E-state index is -1.26. The van der Waals surface area contributed by atoms with Gasteiger partial charge in [0, 0.05) is 19.0 Å². The van der Waals surface area contributed by atoms with E-state index in [1.54, 1.807) is 0 Å². The standard InChI is InChI=1S/C10H15NO6/c12-4-6-8(15)9(16)10(17-6)11-2-1-5(13)3-7(11)14/h3,6,8-10,12-13,15-16H,1-2,4H2/t6-,8+,9-,10-/m1/s1. The lowest BCUT2D eigenvalue weighted by molar-refractivity contribution is -0.149. The molecule has 17 heavy (non-hydrogen) atoms. The highest BCUT2D eigenvalue weighted by atomic mass is 16.6. The van der Waals surface area contributed by atoms with Gasteiger partial charge in [-0.05, 0) is 0 Å². The van der Waals surface area contributed by atoms with E-state index >= 15 is 0 Å². The maximum Gasteiger partial charge on any atom is 0.252 e. The van der Waals surface area contributed by atoms with Crippen molar-refractivity contribution in [2.24, 2.45) is 0 Å². The summed E-state index contributed by atoms with van der Waals surface area (Å²) in [4.78, 5) is 12.8. The average molecular weight is 245 g/mol. The molecule has 96 valence electrons. The average Bonchev–Trinajstić information content (AvgIpc) is 2.57. The van der Waals surface area contributed by atoms with Crippen molar-refractivity contribution in [3.05, 3.63) is 11.8 Å². The minimum Gasteiger partial charge on any atom is -0.512 e. The molecule has 0 spiro atoms. The van der Waals surface area contributed by atoms with Crippen LogP contribution in [0.25, 0.3) is 0 Å². The molecule has 0 unspecified atom stereocenters. The number of ether oxygens (including phenoxy) is 1. The first kappa shape index (κ1) is 12.3. The summed E-state index contributed by atoms with van der Waals surface area (Å²) in [6, 6.07) is 0. The summed E-state index contributed by atoms with van der Waals surface area (Å²) in [7, 11) is 0. The molecule has 2 heterocycles. The van der Waals surface area contributed by atoms with Gasteiger partial charge >= 0.3 is 0 Å². The molecule has 2 aliphatic rings. The van der Waals surface area contributed by atoms with Crippen LogP contribution >= 0.6 is 0 Å². The molecule has 0 aliphatic carbocycles. The quantitative estimate of drug-likeness (QED) is 0.452. The summed E-state index contributed by atoms with van der Waals surface area (Å²) in [5.41, 5.74) is 0. The molecule has 0 bridgehead atoms. The first-order chi connectivity index (χ1) is 8.04. The molecular weight excluding hydrogens is 230 g/mol. The Labute approximate surface area is 97.5 Å². The Bertz CT molecular complexity index is 344. The van der Waals surface area contributed by atoms with Gasteiger partial charge in [-0.15, -0.1) is 0 Å². The topological polar surface area (TPSA) is 110 Å². The first-order valence-electron chi connectivity index (χ1n) is 5.37. The molecule has 0 saturated carbocycles. The van der Waals surface area contributed by atoms with Crippen molar-refractivity contribution < 1.29 is 30.0 Å². The van der Waals surface area contributed by atoms with Crippen LogP contribution in [0.4, 0.5) is 0 Å². The Morgan fingerprint density at radius 2 is 2.12 bits per heavy atom. The Morgan fingerprint density at radius 3 is 2.65 bits per heavy atom. The summed E-state index contributed by atoms with van der Waals surface area (Å²) >= 11 is 0. The van der Waals surface area contributed by atoms with E-state index in [9.17, 15) is 20.1 Å². The number of hydrogen-bond acceptors (Lipinski definition) is 6. The van der Waals surface area contributed by atoms with Crippen LogP contribution < -0.4 is 0 Å². The normalized spacial score (nSPS) is 38.4. The van der Waals surface area contributed by atoms with Crippen molar-refractivity contribution in [1.29, 1.82) is 0 Å². The molecule has 2 aliphatic heterocycles. The maximum atomic E-state index is 11.6. The third kappa shape index (κ3) is 2.14. The lowest BCUT2D eigenvalue weighted by atomic mass is 10.1. The summed E-state index contributed by atoms with van der Waals surface area (Å²) in [5, 5.41) is 37.4. The van der Waals surface area contributed by atoms with E-state index in [0.29, 0.717) is 0 Å². The zero-order chi connectivity index (χ0) is 12.6. The highest BCUT2D eigenvalue weighted by molar-refractivity contribution is 5.89. The molecule has 0 radical (unpaired) electrons. The van der Waals surface area contributed by atoms with Gasteiger partial charge in [-0.1, -0.05) is 0 Å². The number of rotatable bonds is 2. The van der Waals surface area contributed by atoms with Gasteiger partial charge in [-0.2, -0.15) is 0 Å². The lowest BCUT2D eigenvalue weighted by Crippen LogP contribution is -2.48. The summed E-state index contributed by atoms with van der Waals surface area (Å²) in [6.07, 6.45) is -3.04. The predicted octanol–water partition coefficient (Wildman–Crippen LogP) is -1.90. The van der Waals surface area contributed by atoms with Gasteiger partial charge in [0.15, 0.2) is 6.23 Å². The molecule has 0 aromatic rings. The fraction of sp³-hybridized carbons (Fsp3) is 0.700. The monoisotopic (exact) mass is 245 g/mol. The Balaban J connectivity index is 2.11. The van der Waals surface area contributed by atoms with Crippen LogP contribution in [0.1, 0.15) is 6.42 Å². The van der Waals surface area contributed by atoms with E-state index in [0.717, 1.165) is 6.08 Å². The summed E-state index contributed by atoms with van der Waals surface area (Å²) < 4.78 is 5.22. The molecule has 1 fully saturated rings. The van der Waals surface area contributed by atoms with Crippen molar-refractivity contribution in [2.75, 3.05) is 13.2 Å². The van der Waals surface area contributed by atoms with Crippen molar-refractivity contribution in [3.8, 4) is 0 Å². The maximum absolute atomic E-state index is 11.6. The molecule has 4 N–H and O–H groups in total. The number of carbonyl (C=O) groups excluding carboxylic acids is 1. The van der Waals surface area contributed by atoms with Crippen molar-refractivity contribution in [2.45, 2.75) is 31.0 Å². The predicted molar refractivity (Wildman–Crippen MR) is 54.8 cm³/mol. The highest BCUT2D eigenvalue weighted by Gasteiger charge is 2.46. The zero-order valence-corrected chi connectivity index (χ0v) is 9.06. The minimum absolute atomic E-state index is 0.0157. The SMILES string of the molecule is O=C1C=C(O)CCN1[C@@H]1O[C@H](CO)[C@H](O)[C@H]1O. The third-order valence-corrected chi connectivity index (χ3v) is 3.01. The summed E-state index contributed by atoms with van der Waals surface area (Å²) in [5.74, 6) is -0.499. The van der Waals surface area contributed by atoms with E-state index in [-0.39, 0.29) is 18.7 Å². The van der Waals surface area contributed by atoms with E-state index in [1.165, 1.54) is 4.90 Å². The fourth-order valence-electron chi connectivity index (χ4n) is 2.03. The second kappa shape index (κ2) is 4.61. The van der Waals surface area contributed by atoms with Crippen LogP contribution in [0.3, 0.4) is 0 Å². The molecule has 1 amide bonds. The van der Waals surface area contributed by atoms with Crippen LogP contribution in [-0.4, -0.2) is 68.9 Å². The van der Waals surface area contributed by atoms with Gasteiger partial charge in [0.05, 0.1) is 12.4 Å². The molecule has 2 rings (SSSR count). The van der Waals surface area contributed by atoms with Crippen molar-refractivity contribution in [3.63, 3.8) is 0 Å². The van der Waals surface area contributed by atoms with E-state index in [2.05, 4.69) is 0 Å². The number of hydrogen-bond donors (Lipinski definition) is 4. The third-order valence-electron chi connectivity index (χ3n) is 3.01. The van der Waals surface area contributed by atoms with Gasteiger partial charge in [-0.3, -0.25) is 4.79 Å². The first-order valence-corrected chi connectivity index (χ1v) is 5.37. The number of carbonyl (C=O) groups is 1. The van der Waals surface area contributed by atoms with Crippen LogP contribution in [0.15, 0.2) is 11.8 Å². The van der Waals surface area contributed by atoms with Gasteiger partial charge in [0.25, 0.3) is 5.91 Å². The largest absolute Gasteiger partial charge is 0.512 e. The van der Waals surface area contributed by atoms with Crippen LogP contribution in [0.5, 0.6) is 0 Å². The van der Waals surface area contributed by atoms with Crippen molar-refractivity contribution >= 4 is 5.91 Å². The summed E-state index contributed by atoms with van der Waals surface area (Å²) in [6.45, 7) is -0.231. The van der Waals surface area contributed by atoms with Gasteiger partial charge in [0.1, 0.15) is 18.3 Å². The molecule has 7 heteroatoms. The van der Waals surface area contributed by atoms with Crippen molar-refractivity contribution in [1.82, 2.24) is 4.90 Å². The van der Waals surface area contributed by atoms with Crippen LogP contribution in [0, 0.1) is 0 Å². The van der Waals surface area contributed by atoms with Crippen LogP contribution in [-0.2, 0) is 9.53 Å². The molecular formula is C10H15NO6. The molecule has 0 aromatic heterocycles. The lowest BCUT2D eigenvalue weighted by Gasteiger charge is -2.31. The van der Waals surface area contributed by atoms with Gasteiger partial charge in [-0.25, -0.2) is 0 Å². The highest BCUT2D eigenvalue weighted by Crippen LogP contribution is 2.26. The van der Waals surface area contributed by atoms with Gasteiger partial charge < -0.3 is 30.1 Å². The Hall–Kier alpha value is -1.15. The molecule has 4 atom stereocenters. The second-order valence-corrected chi connectivity index (χ2v) is 4.15. The Kier molecular flexibility index (Phi) is 3.34. The molecule has 1 saturated heterocycles. The van der Waals surface area contributed by atoms with Crippen LogP contribution in [0.2, 0.25) is 0 Å². The number of amides is 1. The van der Waals surface area contributed by atoms with E-state index in [1.807, 2.05) is 0 Å². The zero-order valence-electron chi connectivity index (χ0n) is 9.06. The smallest absolute Gasteiger partial charge is 0.252 e. The number of aliphatic hydroxyl groups is 4. The Morgan fingerprint density at radius 1 is 1.41 bits per heavy atom. The second-order valence-electron chi connectivity index (χ2n) is 4.15. The van der Waals surface area contributed by atoms with Gasteiger partial charge in [0.2, 0.25) is 0 Å². The van der Waals surface area contributed by atoms with E-state index in [4.69, 9.17) is 9.84 Å². The molecule has 0 aromatic carbocycles. The fourth-order valence-corrected chi connectivity index (χ4v) is 2.03.